The quantitative estimate of drug-likeness (QED) is 0.576. The molecular weight excluding hydrogens is 174 g/mol. The van der Waals surface area contributed by atoms with Crippen LogP contribution >= 0.6 is 0 Å². The number of nitrogens with one attached hydrogen (secondary N) is 1. The summed E-state index contributed by atoms with van der Waals surface area (Å²) >= 11 is 0. The van der Waals surface area contributed by atoms with Crippen molar-refractivity contribution in [1.29, 1.82) is 0 Å². The summed E-state index contributed by atoms with van der Waals surface area (Å²) in [6.07, 6.45) is 5.42. The van der Waals surface area contributed by atoms with E-state index in [1.54, 1.807) is 0 Å². The molecule has 1 rings (SSSR count). The molecular formula is C12H25NO. The molecule has 0 aromatic rings. The van der Waals surface area contributed by atoms with Gasteiger partial charge in [0.1, 0.15) is 0 Å². The molecule has 1 aliphatic carbocycles. The highest BCUT2D eigenvalue weighted by atomic mass is 16.5. The van der Waals surface area contributed by atoms with Gasteiger partial charge in [0.25, 0.3) is 0 Å². The highest BCUT2D eigenvalue weighted by molar-refractivity contribution is 4.74. The van der Waals surface area contributed by atoms with Gasteiger partial charge in [-0.2, -0.15) is 0 Å². The summed E-state index contributed by atoms with van der Waals surface area (Å²) in [7, 11) is 0. The van der Waals surface area contributed by atoms with Crippen LogP contribution < -0.4 is 5.32 Å². The van der Waals surface area contributed by atoms with E-state index in [0.29, 0.717) is 0 Å². The van der Waals surface area contributed by atoms with Gasteiger partial charge in [0.2, 0.25) is 0 Å². The lowest BCUT2D eigenvalue weighted by molar-refractivity contribution is 0.103. The normalized spacial score (nSPS) is 18.4. The Labute approximate surface area is 88.4 Å². The Bertz CT molecular complexity index is 134. The van der Waals surface area contributed by atoms with Crippen molar-refractivity contribution in [3.8, 4) is 0 Å². The minimum absolute atomic E-state index is 0.725. The minimum Gasteiger partial charge on any atom is -0.380 e. The molecule has 1 fully saturated rings. The first-order valence-electron chi connectivity index (χ1n) is 6.11. The fourth-order valence-corrected chi connectivity index (χ4v) is 1.63. The van der Waals surface area contributed by atoms with Crippen molar-refractivity contribution < 1.29 is 4.74 Å². The fraction of sp³-hybridized carbons (Fsp3) is 1.00. The maximum Gasteiger partial charge on any atom is 0.0591 e. The van der Waals surface area contributed by atoms with Gasteiger partial charge in [-0.25, -0.2) is 0 Å². The summed E-state index contributed by atoms with van der Waals surface area (Å²) in [4.78, 5) is 0. The monoisotopic (exact) mass is 199 g/mol. The molecule has 0 spiro atoms. The van der Waals surface area contributed by atoms with Crippen molar-refractivity contribution in [2.75, 3.05) is 26.3 Å². The van der Waals surface area contributed by atoms with E-state index >= 15 is 0 Å². The van der Waals surface area contributed by atoms with Gasteiger partial charge in [-0.15, -0.1) is 0 Å². The summed E-state index contributed by atoms with van der Waals surface area (Å²) < 4.78 is 5.59. The summed E-state index contributed by atoms with van der Waals surface area (Å²) in [6, 6.07) is 0. The molecule has 1 unspecified atom stereocenters. The van der Waals surface area contributed by atoms with Crippen LogP contribution in [-0.2, 0) is 4.74 Å². The zero-order chi connectivity index (χ0) is 10.2. The zero-order valence-corrected chi connectivity index (χ0v) is 9.72. The molecule has 0 aliphatic heterocycles. The number of rotatable bonds is 9. The molecule has 0 radical (unpaired) electrons. The largest absolute Gasteiger partial charge is 0.380 e. The highest BCUT2D eigenvalue weighted by Crippen LogP contribution is 2.27. The van der Waals surface area contributed by atoms with Crippen LogP contribution in [-0.4, -0.2) is 26.3 Å². The average molecular weight is 199 g/mol. The van der Waals surface area contributed by atoms with Crippen LogP contribution in [0.15, 0.2) is 0 Å². The highest BCUT2D eigenvalue weighted by Gasteiger charge is 2.19. The van der Waals surface area contributed by atoms with Gasteiger partial charge in [-0.1, -0.05) is 20.3 Å². The predicted molar refractivity (Wildman–Crippen MR) is 60.5 cm³/mol. The van der Waals surface area contributed by atoms with Crippen LogP contribution in [0.3, 0.4) is 0 Å². The van der Waals surface area contributed by atoms with E-state index in [2.05, 4.69) is 19.2 Å². The van der Waals surface area contributed by atoms with Crippen molar-refractivity contribution in [2.45, 2.75) is 39.5 Å². The molecule has 0 heterocycles. The van der Waals surface area contributed by atoms with Gasteiger partial charge >= 0.3 is 0 Å². The Balaban J connectivity index is 1.74. The van der Waals surface area contributed by atoms with E-state index < -0.39 is 0 Å². The van der Waals surface area contributed by atoms with E-state index in [-0.39, 0.29) is 0 Å². The smallest absolute Gasteiger partial charge is 0.0591 e. The molecule has 1 N–H and O–H groups in total. The van der Waals surface area contributed by atoms with Gasteiger partial charge < -0.3 is 10.1 Å². The SMILES string of the molecule is CCCC(C)COCCNCC1CC1. The summed E-state index contributed by atoms with van der Waals surface area (Å²) in [5.74, 6) is 1.71. The molecule has 0 amide bonds. The third-order valence-corrected chi connectivity index (χ3v) is 2.74. The first kappa shape index (κ1) is 12.0. The van der Waals surface area contributed by atoms with Crippen molar-refractivity contribution in [2.24, 2.45) is 11.8 Å². The Morgan fingerprint density at radius 3 is 2.86 bits per heavy atom. The second-order valence-corrected chi connectivity index (χ2v) is 4.62. The third-order valence-electron chi connectivity index (χ3n) is 2.74. The minimum atomic E-state index is 0.725. The van der Waals surface area contributed by atoms with E-state index in [1.807, 2.05) is 0 Å². The van der Waals surface area contributed by atoms with E-state index in [9.17, 15) is 0 Å². The molecule has 0 saturated heterocycles. The molecule has 0 aromatic carbocycles. The molecule has 0 aromatic heterocycles. The van der Waals surface area contributed by atoms with Crippen molar-refractivity contribution in [1.82, 2.24) is 5.32 Å². The Kier molecular flexibility index (Phi) is 6.20. The van der Waals surface area contributed by atoms with Gasteiger partial charge in [-0.3, -0.25) is 0 Å². The third kappa shape index (κ3) is 6.39. The molecule has 0 bridgehead atoms. The Morgan fingerprint density at radius 2 is 2.21 bits per heavy atom. The lowest BCUT2D eigenvalue weighted by Crippen LogP contribution is -2.22. The molecule has 1 saturated carbocycles. The molecule has 1 aliphatic rings. The van der Waals surface area contributed by atoms with Gasteiger partial charge in [0, 0.05) is 13.2 Å². The number of hydrogen-bond donors (Lipinski definition) is 1. The maximum absolute atomic E-state index is 5.59. The van der Waals surface area contributed by atoms with Crippen LogP contribution in [0.25, 0.3) is 0 Å². The fourth-order valence-electron chi connectivity index (χ4n) is 1.63. The van der Waals surface area contributed by atoms with Crippen molar-refractivity contribution >= 4 is 0 Å². The number of hydrogen-bond acceptors (Lipinski definition) is 2. The lowest BCUT2D eigenvalue weighted by Gasteiger charge is -2.10. The summed E-state index contributed by atoms with van der Waals surface area (Å²) in [5, 5.41) is 3.43. The molecule has 14 heavy (non-hydrogen) atoms. The van der Waals surface area contributed by atoms with E-state index in [4.69, 9.17) is 4.74 Å². The number of ether oxygens (including phenoxy) is 1. The van der Waals surface area contributed by atoms with E-state index in [1.165, 1.54) is 32.2 Å². The molecule has 2 nitrogen and oxygen atoms in total. The van der Waals surface area contributed by atoms with Crippen molar-refractivity contribution in [3.63, 3.8) is 0 Å². The first-order chi connectivity index (χ1) is 6.83. The van der Waals surface area contributed by atoms with Crippen LogP contribution in [0, 0.1) is 11.8 Å². The maximum atomic E-state index is 5.59. The van der Waals surface area contributed by atoms with Crippen LogP contribution in [0.2, 0.25) is 0 Å². The molecule has 1 atom stereocenters. The summed E-state index contributed by atoms with van der Waals surface area (Å²) in [5.41, 5.74) is 0. The standard InChI is InChI=1S/C12H25NO/c1-3-4-11(2)10-14-8-7-13-9-12-5-6-12/h11-13H,3-10H2,1-2H3. The predicted octanol–water partition coefficient (Wildman–Crippen LogP) is 2.44. The summed E-state index contributed by atoms with van der Waals surface area (Å²) in [6.45, 7) is 8.53. The van der Waals surface area contributed by atoms with Crippen molar-refractivity contribution in [3.05, 3.63) is 0 Å². The van der Waals surface area contributed by atoms with Crippen LogP contribution in [0.5, 0.6) is 0 Å². The van der Waals surface area contributed by atoms with Crippen LogP contribution in [0.4, 0.5) is 0 Å². The topological polar surface area (TPSA) is 21.3 Å². The Morgan fingerprint density at radius 1 is 1.43 bits per heavy atom. The van der Waals surface area contributed by atoms with Gasteiger partial charge in [-0.05, 0) is 37.6 Å². The zero-order valence-electron chi connectivity index (χ0n) is 9.72. The lowest BCUT2D eigenvalue weighted by atomic mass is 10.1. The van der Waals surface area contributed by atoms with Crippen LogP contribution in [0.1, 0.15) is 39.5 Å². The second kappa shape index (κ2) is 7.24. The molecule has 2 heteroatoms. The second-order valence-electron chi connectivity index (χ2n) is 4.62. The average Bonchev–Trinajstić information content (AvgIpc) is 2.95. The Hall–Kier alpha value is -0.0800. The van der Waals surface area contributed by atoms with Gasteiger partial charge in [0.15, 0.2) is 0 Å². The first-order valence-corrected chi connectivity index (χ1v) is 6.11. The molecule has 84 valence electrons. The van der Waals surface area contributed by atoms with E-state index in [0.717, 1.165) is 31.6 Å². The van der Waals surface area contributed by atoms with Gasteiger partial charge in [0.05, 0.1) is 6.61 Å².